The molecule has 0 aliphatic heterocycles. The van der Waals surface area contributed by atoms with Gasteiger partial charge in [0.1, 0.15) is 20.9 Å². The molecule has 8 nitrogen and oxygen atoms in total. The van der Waals surface area contributed by atoms with Crippen LogP contribution in [0.3, 0.4) is 0 Å². The van der Waals surface area contributed by atoms with Crippen LogP contribution in [-0.4, -0.2) is 35.6 Å². The SMILES string of the molecule is C[C@H](NC(=O)c1cn[nH]c1)c1cccc(-c2nc3c(ncc4ncn(C)c43)s2)c1. The molecule has 0 unspecified atom stereocenters. The number of thiazole rings is 1. The first-order valence-electron chi connectivity index (χ1n) is 9.06. The van der Waals surface area contributed by atoms with Gasteiger partial charge in [-0.1, -0.05) is 29.5 Å². The van der Waals surface area contributed by atoms with E-state index >= 15 is 0 Å². The van der Waals surface area contributed by atoms with Crippen molar-refractivity contribution in [2.75, 3.05) is 0 Å². The second kappa shape index (κ2) is 6.78. The number of rotatable bonds is 4. The van der Waals surface area contributed by atoms with Gasteiger partial charge >= 0.3 is 0 Å². The molecule has 0 radical (unpaired) electrons. The van der Waals surface area contributed by atoms with Crippen LogP contribution in [0.1, 0.15) is 28.9 Å². The Morgan fingerprint density at radius 2 is 2.17 bits per heavy atom. The monoisotopic (exact) mass is 403 g/mol. The molecule has 0 bridgehead atoms. The van der Waals surface area contributed by atoms with E-state index in [9.17, 15) is 4.79 Å². The summed E-state index contributed by atoms with van der Waals surface area (Å²) in [6.45, 7) is 1.95. The number of H-pyrrole nitrogens is 1. The molecule has 2 N–H and O–H groups in total. The third-order valence-corrected chi connectivity index (χ3v) is 5.86. The lowest BCUT2D eigenvalue weighted by Gasteiger charge is -2.14. The van der Waals surface area contributed by atoms with Crippen molar-refractivity contribution >= 4 is 38.6 Å². The Morgan fingerprint density at radius 1 is 1.28 bits per heavy atom. The molecule has 9 heteroatoms. The van der Waals surface area contributed by atoms with E-state index in [1.54, 1.807) is 30.1 Å². The molecule has 1 aromatic carbocycles. The zero-order chi connectivity index (χ0) is 20.0. The van der Waals surface area contributed by atoms with E-state index in [-0.39, 0.29) is 11.9 Å². The Morgan fingerprint density at radius 3 is 3.00 bits per heavy atom. The van der Waals surface area contributed by atoms with E-state index in [2.05, 4.69) is 31.5 Å². The van der Waals surface area contributed by atoms with Crippen molar-refractivity contribution in [1.29, 1.82) is 0 Å². The van der Waals surface area contributed by atoms with Crippen molar-refractivity contribution in [3.8, 4) is 10.6 Å². The van der Waals surface area contributed by atoms with Crippen molar-refractivity contribution < 1.29 is 4.79 Å². The Kier molecular flexibility index (Phi) is 4.09. The van der Waals surface area contributed by atoms with Crippen LogP contribution in [0.2, 0.25) is 0 Å². The Bertz CT molecular complexity index is 1340. The van der Waals surface area contributed by atoms with Gasteiger partial charge in [0.2, 0.25) is 0 Å². The van der Waals surface area contributed by atoms with Gasteiger partial charge in [0.05, 0.1) is 35.8 Å². The van der Waals surface area contributed by atoms with E-state index in [4.69, 9.17) is 4.98 Å². The standard InChI is InChI=1S/C20H17N7OS/c1-11(25-18(28)14-7-23-24-8-14)12-4-3-5-13(6-12)19-26-16-17-15(22-10-27(17)2)9-21-20(16)29-19/h3-11H,1-2H3,(H,23,24)(H,25,28)/t11-/m0/s1. The number of carbonyl (C=O) groups is 1. The van der Waals surface area contributed by atoms with Gasteiger partial charge in [-0.15, -0.1) is 0 Å². The minimum atomic E-state index is -0.167. The highest BCUT2D eigenvalue weighted by Crippen LogP contribution is 2.33. The number of hydrogen-bond donors (Lipinski definition) is 2. The number of aromatic nitrogens is 6. The highest BCUT2D eigenvalue weighted by atomic mass is 32.1. The van der Waals surface area contributed by atoms with E-state index < -0.39 is 0 Å². The first-order valence-corrected chi connectivity index (χ1v) is 9.88. The molecule has 5 rings (SSSR count). The summed E-state index contributed by atoms with van der Waals surface area (Å²) in [4.78, 5) is 26.9. The number of imidazole rings is 1. The molecule has 144 valence electrons. The summed E-state index contributed by atoms with van der Waals surface area (Å²) in [6.07, 6.45) is 6.64. The second-order valence-corrected chi connectivity index (χ2v) is 7.81. The van der Waals surface area contributed by atoms with Crippen LogP contribution in [0.5, 0.6) is 0 Å². The maximum atomic E-state index is 12.3. The van der Waals surface area contributed by atoms with Crippen LogP contribution in [0, 0.1) is 0 Å². The lowest BCUT2D eigenvalue weighted by Crippen LogP contribution is -2.26. The van der Waals surface area contributed by atoms with Gasteiger partial charge in [-0.05, 0) is 18.6 Å². The Labute approximate surface area is 169 Å². The Balaban J connectivity index is 1.48. The zero-order valence-corrected chi connectivity index (χ0v) is 16.6. The summed E-state index contributed by atoms with van der Waals surface area (Å²) in [5.41, 5.74) is 5.16. The molecule has 5 aromatic rings. The molecule has 0 spiro atoms. The quantitative estimate of drug-likeness (QED) is 0.478. The van der Waals surface area contributed by atoms with Gasteiger partial charge in [0.15, 0.2) is 0 Å². The van der Waals surface area contributed by atoms with Gasteiger partial charge in [-0.25, -0.2) is 15.0 Å². The summed E-state index contributed by atoms with van der Waals surface area (Å²) >= 11 is 1.55. The van der Waals surface area contributed by atoms with Crippen LogP contribution in [0.15, 0.2) is 49.2 Å². The normalized spacial score (nSPS) is 12.5. The molecular formula is C20H17N7OS. The maximum Gasteiger partial charge on any atom is 0.254 e. The predicted octanol–water partition coefficient (Wildman–Crippen LogP) is 3.46. The number of fused-ring (bicyclic) bond motifs is 3. The number of aromatic amines is 1. The fourth-order valence-corrected chi connectivity index (χ4v) is 4.22. The third kappa shape index (κ3) is 3.05. The molecular weight excluding hydrogens is 386 g/mol. The molecule has 4 heterocycles. The van der Waals surface area contributed by atoms with Crippen LogP contribution in [0.4, 0.5) is 0 Å². The summed E-state index contributed by atoms with van der Waals surface area (Å²) in [5.74, 6) is -0.167. The average molecular weight is 403 g/mol. The first kappa shape index (κ1) is 17.5. The van der Waals surface area contributed by atoms with Crippen LogP contribution in [0.25, 0.3) is 32.0 Å². The molecule has 29 heavy (non-hydrogen) atoms. The smallest absolute Gasteiger partial charge is 0.254 e. The molecule has 1 amide bonds. The summed E-state index contributed by atoms with van der Waals surface area (Å²) in [6, 6.07) is 7.89. The number of carbonyl (C=O) groups excluding carboxylic acids is 1. The number of nitrogens with one attached hydrogen (secondary N) is 2. The molecule has 0 saturated heterocycles. The summed E-state index contributed by atoms with van der Waals surface area (Å²) in [5, 5.41) is 10.3. The van der Waals surface area contributed by atoms with Gasteiger partial charge in [0, 0.05) is 18.8 Å². The van der Waals surface area contributed by atoms with E-state index in [0.717, 1.165) is 37.5 Å². The van der Waals surface area contributed by atoms with Gasteiger partial charge in [-0.2, -0.15) is 5.10 Å². The van der Waals surface area contributed by atoms with Gasteiger partial charge in [0.25, 0.3) is 5.91 Å². The lowest BCUT2D eigenvalue weighted by atomic mass is 10.1. The third-order valence-electron chi connectivity index (χ3n) is 4.84. The Hall–Kier alpha value is -3.59. The molecule has 0 aliphatic rings. The van der Waals surface area contributed by atoms with Crippen molar-refractivity contribution in [2.45, 2.75) is 13.0 Å². The number of benzene rings is 1. The molecule has 1 atom stereocenters. The second-order valence-electron chi connectivity index (χ2n) is 6.83. The molecule has 4 aromatic heterocycles. The minimum Gasteiger partial charge on any atom is -0.345 e. The van der Waals surface area contributed by atoms with Crippen molar-refractivity contribution in [3.05, 3.63) is 60.3 Å². The average Bonchev–Trinajstić information content (AvgIpc) is 3.47. The van der Waals surface area contributed by atoms with Crippen molar-refractivity contribution in [1.82, 2.24) is 35.0 Å². The first-order chi connectivity index (χ1) is 14.1. The van der Waals surface area contributed by atoms with Crippen LogP contribution in [-0.2, 0) is 7.05 Å². The topological polar surface area (TPSA) is 101 Å². The van der Waals surface area contributed by atoms with Crippen molar-refractivity contribution in [3.63, 3.8) is 0 Å². The molecule has 0 aliphatic carbocycles. The maximum absolute atomic E-state index is 12.3. The number of pyridine rings is 1. The predicted molar refractivity (Wildman–Crippen MR) is 112 cm³/mol. The van der Waals surface area contributed by atoms with Gasteiger partial charge < -0.3 is 9.88 Å². The summed E-state index contributed by atoms with van der Waals surface area (Å²) < 4.78 is 1.97. The number of hydrogen-bond acceptors (Lipinski definition) is 6. The lowest BCUT2D eigenvalue weighted by molar-refractivity contribution is 0.0940. The van der Waals surface area contributed by atoms with Crippen LogP contribution >= 0.6 is 11.3 Å². The van der Waals surface area contributed by atoms with Crippen LogP contribution < -0.4 is 5.32 Å². The van der Waals surface area contributed by atoms with E-state index in [1.807, 2.05) is 36.7 Å². The number of nitrogens with zero attached hydrogens (tertiary/aromatic N) is 5. The fraction of sp³-hybridized carbons (Fsp3) is 0.150. The highest BCUT2D eigenvalue weighted by molar-refractivity contribution is 7.21. The largest absolute Gasteiger partial charge is 0.345 e. The summed E-state index contributed by atoms with van der Waals surface area (Å²) in [7, 11) is 1.96. The molecule has 0 saturated carbocycles. The minimum absolute atomic E-state index is 0.159. The van der Waals surface area contributed by atoms with Crippen molar-refractivity contribution in [2.24, 2.45) is 7.05 Å². The number of amides is 1. The zero-order valence-electron chi connectivity index (χ0n) is 15.7. The van der Waals surface area contributed by atoms with Gasteiger partial charge in [-0.3, -0.25) is 9.89 Å². The number of aryl methyl sites for hydroxylation is 1. The molecule has 0 fully saturated rings. The fourth-order valence-electron chi connectivity index (χ4n) is 3.31. The van der Waals surface area contributed by atoms with E-state index in [1.165, 1.54) is 6.20 Å². The van der Waals surface area contributed by atoms with E-state index in [0.29, 0.717) is 5.56 Å². The highest BCUT2D eigenvalue weighted by Gasteiger charge is 2.16.